The highest BCUT2D eigenvalue weighted by Gasteiger charge is 2.29. The van der Waals surface area contributed by atoms with Crippen molar-refractivity contribution in [3.05, 3.63) is 48.2 Å². The third-order valence-electron chi connectivity index (χ3n) is 2.71. The first-order valence-corrected chi connectivity index (χ1v) is 6.16. The van der Waals surface area contributed by atoms with Gasteiger partial charge in [0.25, 0.3) is 5.91 Å². The smallest absolute Gasteiger partial charge is 0.276 e. The number of benzene rings is 1. The van der Waals surface area contributed by atoms with Gasteiger partial charge in [0.1, 0.15) is 11.4 Å². The van der Waals surface area contributed by atoms with Gasteiger partial charge >= 0.3 is 0 Å². The molecule has 0 aliphatic carbocycles. The fourth-order valence-corrected chi connectivity index (χ4v) is 2.08. The molecule has 1 aliphatic rings. The van der Waals surface area contributed by atoms with Crippen molar-refractivity contribution in [3.63, 3.8) is 0 Å². The maximum absolute atomic E-state index is 12.1. The highest BCUT2D eigenvalue weighted by Crippen LogP contribution is 2.22. The van der Waals surface area contributed by atoms with E-state index in [0.29, 0.717) is 23.1 Å². The molecule has 1 amide bonds. The second-order valence-electron chi connectivity index (χ2n) is 3.93. The molecule has 0 radical (unpaired) electrons. The van der Waals surface area contributed by atoms with Crippen molar-refractivity contribution in [1.82, 2.24) is 10.2 Å². The Kier molecular flexibility index (Phi) is 3.97. The zero-order valence-electron chi connectivity index (χ0n) is 10.6. The number of rotatable bonds is 4. The average molecular weight is 274 g/mol. The molecule has 1 aromatic carbocycles. The Bertz CT molecular complexity index is 566. The van der Waals surface area contributed by atoms with E-state index in [-0.39, 0.29) is 5.91 Å². The van der Waals surface area contributed by atoms with Crippen molar-refractivity contribution in [3.8, 4) is 5.75 Å². The quantitative estimate of drug-likeness (QED) is 0.517. The van der Waals surface area contributed by atoms with Gasteiger partial charge in [0, 0.05) is 12.1 Å². The van der Waals surface area contributed by atoms with Crippen molar-refractivity contribution in [2.45, 2.75) is 0 Å². The maximum atomic E-state index is 12.1. The van der Waals surface area contributed by atoms with Gasteiger partial charge in [0.05, 0.1) is 7.11 Å². The molecule has 1 fully saturated rings. The molecule has 0 aromatic heterocycles. The average Bonchev–Trinajstić information content (AvgIpc) is 2.67. The Labute approximate surface area is 117 Å². The summed E-state index contributed by atoms with van der Waals surface area (Å²) in [6.45, 7) is 4.01. The van der Waals surface area contributed by atoms with Gasteiger partial charge in [-0.3, -0.25) is 9.69 Å². The SMILES string of the molecule is C=CCN1C(=O)C(=Cc2ccccc2OC)NC1=S. The molecule has 1 heterocycles. The summed E-state index contributed by atoms with van der Waals surface area (Å²) in [4.78, 5) is 13.6. The van der Waals surface area contributed by atoms with Crippen LogP contribution in [0, 0.1) is 0 Å². The van der Waals surface area contributed by atoms with Gasteiger partial charge in [-0.2, -0.15) is 0 Å². The number of nitrogens with one attached hydrogen (secondary N) is 1. The summed E-state index contributed by atoms with van der Waals surface area (Å²) in [5, 5.41) is 3.30. The molecule has 2 rings (SSSR count). The predicted octanol–water partition coefficient (Wildman–Crippen LogP) is 1.94. The van der Waals surface area contributed by atoms with Gasteiger partial charge in [-0.15, -0.1) is 6.58 Å². The van der Waals surface area contributed by atoms with Gasteiger partial charge in [0.2, 0.25) is 0 Å². The van der Waals surface area contributed by atoms with Crippen molar-refractivity contribution in [2.24, 2.45) is 0 Å². The third kappa shape index (κ3) is 2.66. The van der Waals surface area contributed by atoms with Crippen LogP contribution in [0.3, 0.4) is 0 Å². The summed E-state index contributed by atoms with van der Waals surface area (Å²) in [5.41, 5.74) is 1.26. The van der Waals surface area contributed by atoms with Crippen LogP contribution in [-0.4, -0.2) is 29.6 Å². The minimum absolute atomic E-state index is 0.157. The number of hydrogen-bond donors (Lipinski definition) is 1. The van der Waals surface area contributed by atoms with E-state index in [4.69, 9.17) is 17.0 Å². The van der Waals surface area contributed by atoms with Gasteiger partial charge in [-0.1, -0.05) is 24.3 Å². The van der Waals surface area contributed by atoms with Crippen LogP contribution in [0.5, 0.6) is 5.75 Å². The number of thiocarbonyl (C=S) groups is 1. The molecule has 4 nitrogen and oxygen atoms in total. The van der Waals surface area contributed by atoms with Crippen LogP contribution in [-0.2, 0) is 4.79 Å². The lowest BCUT2D eigenvalue weighted by Gasteiger charge is -2.09. The summed E-state index contributed by atoms with van der Waals surface area (Å²) in [6, 6.07) is 7.47. The molecule has 19 heavy (non-hydrogen) atoms. The Morgan fingerprint density at radius 2 is 2.21 bits per heavy atom. The molecule has 98 valence electrons. The van der Waals surface area contributed by atoms with Gasteiger partial charge in [-0.05, 0) is 24.4 Å². The first-order chi connectivity index (χ1) is 9.17. The van der Waals surface area contributed by atoms with Crippen LogP contribution in [0.4, 0.5) is 0 Å². The Morgan fingerprint density at radius 3 is 2.89 bits per heavy atom. The van der Waals surface area contributed by atoms with Crippen molar-refractivity contribution >= 4 is 29.3 Å². The highest BCUT2D eigenvalue weighted by molar-refractivity contribution is 7.80. The molecule has 0 spiro atoms. The zero-order chi connectivity index (χ0) is 13.8. The molecule has 0 atom stereocenters. The van der Waals surface area contributed by atoms with E-state index >= 15 is 0 Å². The number of methoxy groups -OCH3 is 1. The maximum Gasteiger partial charge on any atom is 0.276 e. The number of amides is 1. The molecule has 5 heteroatoms. The molecule has 1 aromatic rings. The van der Waals surface area contributed by atoms with E-state index in [1.54, 1.807) is 19.3 Å². The lowest BCUT2D eigenvalue weighted by atomic mass is 10.1. The third-order valence-corrected chi connectivity index (χ3v) is 3.04. The molecule has 1 saturated heterocycles. The minimum Gasteiger partial charge on any atom is -0.496 e. The van der Waals surface area contributed by atoms with E-state index in [1.807, 2.05) is 24.3 Å². The first-order valence-electron chi connectivity index (χ1n) is 5.76. The lowest BCUT2D eigenvalue weighted by molar-refractivity contribution is -0.122. The first kappa shape index (κ1) is 13.3. The molecule has 1 N–H and O–H groups in total. The second kappa shape index (κ2) is 5.67. The van der Waals surface area contributed by atoms with Crippen LogP contribution in [0.25, 0.3) is 6.08 Å². The van der Waals surface area contributed by atoms with Gasteiger partial charge < -0.3 is 10.1 Å². The number of nitrogens with zero attached hydrogens (tertiary/aromatic N) is 1. The number of para-hydroxylation sites is 1. The monoisotopic (exact) mass is 274 g/mol. The molecule has 0 saturated carbocycles. The number of carbonyl (C=O) groups is 1. The van der Waals surface area contributed by atoms with Gasteiger partial charge in [-0.25, -0.2) is 0 Å². The predicted molar refractivity (Wildman–Crippen MR) is 78.6 cm³/mol. The van der Waals surface area contributed by atoms with Crippen LogP contribution >= 0.6 is 12.2 Å². The minimum atomic E-state index is -0.157. The largest absolute Gasteiger partial charge is 0.496 e. The number of ether oxygens (including phenoxy) is 1. The van der Waals surface area contributed by atoms with E-state index < -0.39 is 0 Å². The van der Waals surface area contributed by atoms with Crippen molar-refractivity contribution in [1.29, 1.82) is 0 Å². The molecular formula is C14H14N2O2S. The second-order valence-corrected chi connectivity index (χ2v) is 4.32. The zero-order valence-corrected chi connectivity index (χ0v) is 11.4. The van der Waals surface area contributed by atoms with Crippen LogP contribution < -0.4 is 10.1 Å². The standard InChI is InChI=1S/C14H14N2O2S/c1-3-8-16-13(17)11(15-14(16)19)9-10-6-4-5-7-12(10)18-2/h3-7,9H,1,8H2,2H3,(H,15,19). The van der Waals surface area contributed by atoms with E-state index in [0.717, 1.165) is 5.56 Å². The lowest BCUT2D eigenvalue weighted by Crippen LogP contribution is -2.30. The summed E-state index contributed by atoms with van der Waals surface area (Å²) in [7, 11) is 1.59. The Morgan fingerprint density at radius 1 is 1.47 bits per heavy atom. The molecular weight excluding hydrogens is 260 g/mol. The van der Waals surface area contributed by atoms with Crippen molar-refractivity contribution < 1.29 is 9.53 Å². The van der Waals surface area contributed by atoms with Crippen LogP contribution in [0.1, 0.15) is 5.56 Å². The molecule has 0 bridgehead atoms. The number of hydrogen-bond acceptors (Lipinski definition) is 3. The summed E-state index contributed by atoms with van der Waals surface area (Å²) in [5.74, 6) is 0.550. The van der Waals surface area contributed by atoms with Crippen molar-refractivity contribution in [2.75, 3.05) is 13.7 Å². The summed E-state index contributed by atoms with van der Waals surface area (Å²) >= 11 is 5.11. The normalized spacial score (nSPS) is 16.7. The topological polar surface area (TPSA) is 41.6 Å². The van der Waals surface area contributed by atoms with Crippen LogP contribution in [0.2, 0.25) is 0 Å². The summed E-state index contributed by atoms with van der Waals surface area (Å²) in [6.07, 6.45) is 3.37. The molecule has 1 aliphatic heterocycles. The molecule has 0 unspecified atom stereocenters. The number of carbonyl (C=O) groups excluding carboxylic acids is 1. The van der Waals surface area contributed by atoms with E-state index in [1.165, 1.54) is 4.90 Å². The fourth-order valence-electron chi connectivity index (χ4n) is 1.81. The van der Waals surface area contributed by atoms with Gasteiger partial charge in [0.15, 0.2) is 5.11 Å². The fraction of sp³-hybridized carbons (Fsp3) is 0.143. The summed E-state index contributed by atoms with van der Waals surface area (Å²) < 4.78 is 5.25. The van der Waals surface area contributed by atoms with Crippen LogP contribution in [0.15, 0.2) is 42.6 Å². The Hall–Kier alpha value is -2.14. The Balaban J connectivity index is 2.32. The highest BCUT2D eigenvalue weighted by atomic mass is 32.1. The van der Waals surface area contributed by atoms with E-state index in [9.17, 15) is 4.79 Å². The van der Waals surface area contributed by atoms with E-state index in [2.05, 4.69) is 11.9 Å².